The molecule has 0 aliphatic carbocycles. The number of rotatable bonds is 0. The molecule has 24 valence electrons. The largest absolute Gasteiger partial charge is 0.187 e. The predicted octanol–water partition coefficient (Wildman–Crippen LogP) is -0.767. The standard InChI is InChI=1S/Al.ClH.Fe.Zn.3H/h;1H;;;;;. The van der Waals surface area contributed by atoms with Gasteiger partial charge in [0, 0.05) is 36.5 Å². The fourth-order valence-electron chi connectivity index (χ4n) is 0. The quantitative estimate of drug-likeness (QED) is 0.437. The summed E-state index contributed by atoms with van der Waals surface area (Å²) in [4.78, 5) is 0. The predicted molar refractivity (Wildman–Crippen MR) is 17.2 cm³/mol. The van der Waals surface area contributed by atoms with Crippen molar-refractivity contribution in [2.75, 3.05) is 0 Å². The molecular formula is H4AlClFeZn. The van der Waals surface area contributed by atoms with E-state index in [1.165, 1.54) is 0 Å². The molecule has 0 saturated heterocycles. The minimum Gasteiger partial charge on any atom is -0.147 e. The maximum Gasteiger partial charge on any atom is 0.187 e. The van der Waals surface area contributed by atoms with Gasteiger partial charge < -0.3 is 0 Å². The fourth-order valence-corrected chi connectivity index (χ4v) is 0. The van der Waals surface area contributed by atoms with Gasteiger partial charge >= 0.3 is 0 Å². The van der Waals surface area contributed by atoms with E-state index in [-0.39, 0.29) is 66.3 Å². The van der Waals surface area contributed by atoms with Gasteiger partial charge in [0.1, 0.15) is 0 Å². The number of hydrogen-bond donors (Lipinski definition) is 0. The first-order chi connectivity index (χ1) is 0. The average molecular weight is 188 g/mol. The minimum absolute atomic E-state index is 0. The topological polar surface area (TPSA) is 0 Å². The summed E-state index contributed by atoms with van der Waals surface area (Å²) >= 11 is 0. The summed E-state index contributed by atoms with van der Waals surface area (Å²) in [7, 11) is 0. The molecule has 0 aliphatic heterocycles. The average Bonchev–Trinajstić information content (AvgIpc) is 0. The zero-order valence-electron chi connectivity index (χ0n) is 1.47. The van der Waals surface area contributed by atoms with Crippen molar-refractivity contribution in [3.63, 3.8) is 0 Å². The van der Waals surface area contributed by atoms with Crippen LogP contribution in [0.1, 0.15) is 0 Å². The molecule has 4 heavy (non-hydrogen) atoms. The van der Waals surface area contributed by atoms with Gasteiger partial charge in [-0.2, -0.15) is 0 Å². The van der Waals surface area contributed by atoms with E-state index in [2.05, 4.69) is 0 Å². The SMILES string of the molecule is Cl.[AlH3].[Fe].[Zn]. The van der Waals surface area contributed by atoms with Crippen LogP contribution in [0, 0.1) is 0 Å². The number of hydrogen-bond acceptors (Lipinski definition) is 0. The smallest absolute Gasteiger partial charge is 0.147 e. The van der Waals surface area contributed by atoms with E-state index in [0.717, 1.165) is 0 Å². The van der Waals surface area contributed by atoms with Crippen molar-refractivity contribution in [2.24, 2.45) is 0 Å². The van der Waals surface area contributed by atoms with Crippen LogP contribution in [-0.2, 0) is 36.5 Å². The van der Waals surface area contributed by atoms with Crippen LogP contribution in [0.3, 0.4) is 0 Å². The van der Waals surface area contributed by atoms with Crippen LogP contribution in [-0.4, -0.2) is 17.4 Å². The van der Waals surface area contributed by atoms with Gasteiger partial charge in [-0.3, -0.25) is 0 Å². The van der Waals surface area contributed by atoms with Crippen LogP contribution in [0.4, 0.5) is 0 Å². The Morgan fingerprint density at radius 3 is 1.00 bits per heavy atom. The molecule has 0 rings (SSSR count). The molecule has 0 aromatic heterocycles. The molecule has 0 saturated carbocycles. The van der Waals surface area contributed by atoms with Gasteiger partial charge in [0.2, 0.25) is 0 Å². The molecule has 0 aromatic rings. The van der Waals surface area contributed by atoms with Crippen molar-refractivity contribution in [1.82, 2.24) is 0 Å². The molecule has 0 spiro atoms. The van der Waals surface area contributed by atoms with Crippen molar-refractivity contribution in [2.45, 2.75) is 0 Å². The van der Waals surface area contributed by atoms with Crippen molar-refractivity contribution in [1.29, 1.82) is 0 Å². The Labute approximate surface area is 65.9 Å². The van der Waals surface area contributed by atoms with Crippen LogP contribution in [0.15, 0.2) is 0 Å². The molecule has 0 aromatic carbocycles. The van der Waals surface area contributed by atoms with Gasteiger partial charge in [-0.1, -0.05) is 0 Å². The fraction of sp³-hybridized carbons (Fsp3) is 0. The van der Waals surface area contributed by atoms with Gasteiger partial charge in [0.15, 0.2) is 17.4 Å². The maximum atomic E-state index is 0. The van der Waals surface area contributed by atoms with E-state index in [1.54, 1.807) is 0 Å². The zero-order valence-corrected chi connectivity index (χ0v) is 6.36. The third-order valence-electron chi connectivity index (χ3n) is 0. The van der Waals surface area contributed by atoms with E-state index in [4.69, 9.17) is 0 Å². The molecule has 4 heteroatoms. The van der Waals surface area contributed by atoms with Gasteiger partial charge in [0.05, 0.1) is 0 Å². The molecule has 0 fully saturated rings. The Bertz CT molecular complexity index is 8.00. The van der Waals surface area contributed by atoms with Crippen LogP contribution in [0.25, 0.3) is 0 Å². The molecular weight excluding hydrogens is 184 g/mol. The number of halogens is 1. The van der Waals surface area contributed by atoms with Gasteiger partial charge in [0.25, 0.3) is 0 Å². The normalized spacial score (nSPS) is 0. The molecule has 0 unspecified atom stereocenters. The molecule has 0 radical (unpaired) electrons. The second-order valence-corrected chi connectivity index (χ2v) is 0. The summed E-state index contributed by atoms with van der Waals surface area (Å²) in [6.45, 7) is 0. The van der Waals surface area contributed by atoms with E-state index in [0.29, 0.717) is 0 Å². The van der Waals surface area contributed by atoms with Crippen molar-refractivity contribution in [3.8, 4) is 0 Å². The van der Waals surface area contributed by atoms with Crippen molar-refractivity contribution in [3.05, 3.63) is 0 Å². The third kappa shape index (κ3) is 9.03. The van der Waals surface area contributed by atoms with Gasteiger partial charge in [-0.25, -0.2) is 0 Å². The first kappa shape index (κ1) is 38.1. The molecule has 0 atom stereocenters. The Morgan fingerprint density at radius 2 is 1.00 bits per heavy atom. The third-order valence-corrected chi connectivity index (χ3v) is 0. The van der Waals surface area contributed by atoms with Crippen molar-refractivity contribution < 1.29 is 36.5 Å². The van der Waals surface area contributed by atoms with E-state index >= 15 is 0 Å². The monoisotopic (exact) mass is 186 g/mol. The van der Waals surface area contributed by atoms with E-state index < -0.39 is 0 Å². The molecule has 0 bridgehead atoms. The van der Waals surface area contributed by atoms with E-state index in [1.807, 2.05) is 0 Å². The summed E-state index contributed by atoms with van der Waals surface area (Å²) < 4.78 is 0. The zero-order chi connectivity index (χ0) is 0. The second-order valence-electron chi connectivity index (χ2n) is 0. The minimum atomic E-state index is 0. The van der Waals surface area contributed by atoms with Crippen molar-refractivity contribution >= 4 is 29.8 Å². The van der Waals surface area contributed by atoms with Crippen LogP contribution in [0.5, 0.6) is 0 Å². The van der Waals surface area contributed by atoms with Gasteiger partial charge in [-0.05, 0) is 0 Å². The van der Waals surface area contributed by atoms with Crippen LogP contribution in [0.2, 0.25) is 0 Å². The summed E-state index contributed by atoms with van der Waals surface area (Å²) in [5, 5.41) is 0. The molecule has 0 N–H and O–H groups in total. The first-order valence-electron chi connectivity index (χ1n) is 0. The Morgan fingerprint density at radius 1 is 1.00 bits per heavy atom. The van der Waals surface area contributed by atoms with Crippen LogP contribution < -0.4 is 0 Å². The Balaban J connectivity index is 0. The first-order valence-corrected chi connectivity index (χ1v) is 0. The summed E-state index contributed by atoms with van der Waals surface area (Å²) in [6.07, 6.45) is 0. The molecule has 0 amide bonds. The van der Waals surface area contributed by atoms with Crippen LogP contribution >= 0.6 is 12.4 Å². The summed E-state index contributed by atoms with van der Waals surface area (Å²) in [6, 6.07) is 0. The van der Waals surface area contributed by atoms with E-state index in [9.17, 15) is 0 Å². The second kappa shape index (κ2) is 20.2. The summed E-state index contributed by atoms with van der Waals surface area (Å²) in [5.41, 5.74) is 0. The Hall–Kier alpha value is 1.97. The molecule has 0 nitrogen and oxygen atoms in total. The summed E-state index contributed by atoms with van der Waals surface area (Å²) in [5.74, 6) is 0. The Kier molecular flexibility index (Phi) is 192. The molecule has 0 aliphatic rings. The molecule has 0 heterocycles. The maximum absolute atomic E-state index is 0. The van der Waals surface area contributed by atoms with Gasteiger partial charge in [-0.15, -0.1) is 12.4 Å².